The van der Waals surface area contributed by atoms with Gasteiger partial charge in [-0.2, -0.15) is 0 Å². The van der Waals surface area contributed by atoms with Crippen molar-refractivity contribution in [3.63, 3.8) is 0 Å². The molecule has 7 nitrogen and oxygen atoms in total. The number of ether oxygens (including phenoxy) is 1. The first kappa shape index (κ1) is 19.5. The third-order valence-electron chi connectivity index (χ3n) is 4.47. The van der Waals surface area contributed by atoms with Crippen molar-refractivity contribution in [1.29, 1.82) is 0 Å². The van der Waals surface area contributed by atoms with Crippen LogP contribution < -0.4 is 15.0 Å². The molecule has 0 atom stereocenters. The second-order valence-corrected chi connectivity index (χ2v) is 7.16. The van der Waals surface area contributed by atoms with Crippen LogP contribution in [0, 0.1) is 13.8 Å². The molecule has 1 aliphatic heterocycles. The minimum absolute atomic E-state index is 0.227. The first-order chi connectivity index (χ1) is 12.9. The van der Waals surface area contributed by atoms with Crippen LogP contribution in [0.4, 0.5) is 16.3 Å². The molecule has 1 aromatic carbocycles. The average Bonchev–Trinajstić information content (AvgIpc) is 2.63. The molecule has 1 N–H and O–H groups in total. The Morgan fingerprint density at radius 1 is 1.04 bits per heavy atom. The summed E-state index contributed by atoms with van der Waals surface area (Å²) in [4.78, 5) is 25.2. The Kier molecular flexibility index (Phi) is 5.92. The molecule has 1 saturated heterocycles. The van der Waals surface area contributed by atoms with E-state index >= 15 is 0 Å². The summed E-state index contributed by atoms with van der Waals surface area (Å²) < 4.78 is 5.23. The lowest BCUT2D eigenvalue weighted by Gasteiger charge is -2.36. The van der Waals surface area contributed by atoms with Crippen LogP contribution >= 0.6 is 23.2 Å². The van der Waals surface area contributed by atoms with Crippen molar-refractivity contribution in [1.82, 2.24) is 14.9 Å². The predicted molar refractivity (Wildman–Crippen MR) is 107 cm³/mol. The van der Waals surface area contributed by atoms with Crippen LogP contribution in [0.15, 0.2) is 18.2 Å². The maximum absolute atomic E-state index is 12.6. The van der Waals surface area contributed by atoms with E-state index in [1.165, 1.54) is 7.11 Å². The molecule has 2 aromatic rings. The molecule has 0 radical (unpaired) electrons. The lowest BCUT2D eigenvalue weighted by molar-refractivity contribution is 0.208. The molecule has 27 heavy (non-hydrogen) atoms. The lowest BCUT2D eigenvalue weighted by atomic mass is 10.2. The second kappa shape index (κ2) is 8.19. The number of piperazine rings is 1. The highest BCUT2D eigenvalue weighted by Gasteiger charge is 2.23. The number of rotatable bonds is 3. The zero-order valence-corrected chi connectivity index (χ0v) is 16.9. The van der Waals surface area contributed by atoms with Crippen molar-refractivity contribution >= 4 is 40.7 Å². The number of halogens is 2. The third kappa shape index (κ3) is 4.54. The van der Waals surface area contributed by atoms with E-state index in [-0.39, 0.29) is 6.03 Å². The van der Waals surface area contributed by atoms with Crippen LogP contribution in [0.1, 0.15) is 11.4 Å². The monoisotopic (exact) mass is 409 g/mol. The number of nitrogens with one attached hydrogen (secondary N) is 1. The van der Waals surface area contributed by atoms with Gasteiger partial charge in [0.25, 0.3) is 5.88 Å². The first-order valence-corrected chi connectivity index (χ1v) is 9.29. The highest BCUT2D eigenvalue weighted by Crippen LogP contribution is 2.26. The number of carbonyl (C=O) groups is 1. The molecule has 2 amide bonds. The molecule has 1 aromatic heterocycles. The number of anilines is 2. The standard InChI is InChI=1S/C18H21Cl2N5O2/c1-11-12(2)22-17(27-3)16(21-11)23-18(26)25-6-4-24(5-7-25)15-9-13(19)8-14(20)10-15/h8-10H,4-7H2,1-3H3,(H,21,23,26). The van der Waals surface area contributed by atoms with Crippen LogP contribution in [-0.2, 0) is 0 Å². The quantitative estimate of drug-likeness (QED) is 0.835. The normalized spacial score (nSPS) is 14.3. The summed E-state index contributed by atoms with van der Waals surface area (Å²) in [7, 11) is 1.50. The maximum Gasteiger partial charge on any atom is 0.323 e. The molecule has 0 saturated carbocycles. The Hall–Kier alpha value is -2.25. The molecule has 2 heterocycles. The number of methoxy groups -OCH3 is 1. The molecule has 0 spiro atoms. The lowest BCUT2D eigenvalue weighted by Crippen LogP contribution is -2.50. The van der Waals surface area contributed by atoms with E-state index in [4.69, 9.17) is 27.9 Å². The van der Waals surface area contributed by atoms with Crippen molar-refractivity contribution < 1.29 is 9.53 Å². The van der Waals surface area contributed by atoms with E-state index < -0.39 is 0 Å². The van der Waals surface area contributed by atoms with Gasteiger partial charge >= 0.3 is 6.03 Å². The fourth-order valence-electron chi connectivity index (χ4n) is 2.88. The molecule has 3 rings (SSSR count). The molecule has 1 aliphatic rings. The van der Waals surface area contributed by atoms with E-state index in [1.807, 2.05) is 26.0 Å². The molecule has 9 heteroatoms. The molecule has 0 unspecified atom stereocenters. The topological polar surface area (TPSA) is 70.6 Å². The number of urea groups is 1. The van der Waals surface area contributed by atoms with Crippen molar-refractivity contribution in [2.24, 2.45) is 0 Å². The number of benzene rings is 1. The number of nitrogens with zero attached hydrogens (tertiary/aromatic N) is 4. The fraction of sp³-hybridized carbons (Fsp3) is 0.389. The number of hydrogen-bond donors (Lipinski definition) is 1. The van der Waals surface area contributed by atoms with Gasteiger partial charge in [-0.25, -0.2) is 14.8 Å². The van der Waals surface area contributed by atoms with Crippen molar-refractivity contribution in [2.75, 3.05) is 43.5 Å². The SMILES string of the molecule is COc1nc(C)c(C)nc1NC(=O)N1CCN(c2cc(Cl)cc(Cl)c2)CC1. The van der Waals surface area contributed by atoms with Gasteiger partial charge in [-0.15, -0.1) is 0 Å². The van der Waals surface area contributed by atoms with Gasteiger partial charge in [-0.05, 0) is 32.0 Å². The highest BCUT2D eigenvalue weighted by atomic mass is 35.5. The van der Waals surface area contributed by atoms with Gasteiger partial charge in [-0.3, -0.25) is 5.32 Å². The summed E-state index contributed by atoms with van der Waals surface area (Å²) in [5.41, 5.74) is 2.46. The Bertz CT molecular complexity index is 834. The number of amides is 2. The number of aromatic nitrogens is 2. The van der Waals surface area contributed by atoms with E-state index in [9.17, 15) is 4.79 Å². The van der Waals surface area contributed by atoms with Crippen LogP contribution in [0.2, 0.25) is 10.0 Å². The van der Waals surface area contributed by atoms with Gasteiger partial charge in [0.1, 0.15) is 0 Å². The van der Waals surface area contributed by atoms with Crippen LogP contribution in [-0.4, -0.2) is 54.2 Å². The van der Waals surface area contributed by atoms with E-state index in [1.54, 1.807) is 11.0 Å². The second-order valence-electron chi connectivity index (χ2n) is 6.28. The Labute approximate surface area is 168 Å². The Balaban J connectivity index is 1.64. The zero-order chi connectivity index (χ0) is 19.6. The van der Waals surface area contributed by atoms with Crippen molar-refractivity contribution in [3.05, 3.63) is 39.6 Å². The van der Waals surface area contributed by atoms with Gasteiger partial charge in [0.15, 0.2) is 5.82 Å². The molecular formula is C18H21Cl2N5O2. The fourth-order valence-corrected chi connectivity index (χ4v) is 3.39. The zero-order valence-electron chi connectivity index (χ0n) is 15.4. The molecule has 0 bridgehead atoms. The van der Waals surface area contributed by atoms with E-state index in [0.717, 1.165) is 17.1 Å². The van der Waals surface area contributed by atoms with Gasteiger partial charge in [0.2, 0.25) is 0 Å². The van der Waals surface area contributed by atoms with Crippen LogP contribution in [0.3, 0.4) is 0 Å². The minimum Gasteiger partial charge on any atom is -0.478 e. The van der Waals surface area contributed by atoms with Gasteiger partial charge in [-0.1, -0.05) is 23.2 Å². The maximum atomic E-state index is 12.6. The third-order valence-corrected chi connectivity index (χ3v) is 4.91. The summed E-state index contributed by atoms with van der Waals surface area (Å²) >= 11 is 12.2. The molecule has 1 fully saturated rings. The molecule has 144 valence electrons. The van der Waals surface area contributed by atoms with Gasteiger partial charge < -0.3 is 14.5 Å². The van der Waals surface area contributed by atoms with E-state index in [2.05, 4.69) is 20.2 Å². The largest absolute Gasteiger partial charge is 0.478 e. The Morgan fingerprint density at radius 2 is 1.63 bits per heavy atom. The number of aryl methyl sites for hydroxylation is 2. The van der Waals surface area contributed by atoms with Gasteiger partial charge in [0.05, 0.1) is 18.5 Å². The predicted octanol–water partition coefficient (Wildman–Crippen LogP) is 3.76. The number of carbonyl (C=O) groups excluding carboxylic acids is 1. The minimum atomic E-state index is -0.227. The van der Waals surface area contributed by atoms with Crippen molar-refractivity contribution in [3.8, 4) is 5.88 Å². The first-order valence-electron chi connectivity index (χ1n) is 8.53. The number of hydrogen-bond acceptors (Lipinski definition) is 5. The van der Waals surface area contributed by atoms with Gasteiger partial charge in [0, 0.05) is 41.9 Å². The van der Waals surface area contributed by atoms with Crippen LogP contribution in [0.5, 0.6) is 5.88 Å². The van der Waals surface area contributed by atoms with Crippen molar-refractivity contribution in [2.45, 2.75) is 13.8 Å². The van der Waals surface area contributed by atoms with Crippen LogP contribution in [0.25, 0.3) is 0 Å². The molecule has 0 aliphatic carbocycles. The summed E-state index contributed by atoms with van der Waals surface area (Å²) in [5, 5.41) is 3.99. The smallest absolute Gasteiger partial charge is 0.323 e. The summed E-state index contributed by atoms with van der Waals surface area (Å²) in [6, 6.07) is 5.22. The van der Waals surface area contributed by atoms with E-state index in [0.29, 0.717) is 47.9 Å². The average molecular weight is 410 g/mol. The molecular weight excluding hydrogens is 389 g/mol. The summed E-state index contributed by atoms with van der Waals surface area (Å²) in [6.45, 7) is 6.18. The summed E-state index contributed by atoms with van der Waals surface area (Å²) in [5.74, 6) is 0.633. The Morgan fingerprint density at radius 3 is 2.22 bits per heavy atom. The summed E-state index contributed by atoms with van der Waals surface area (Å²) in [6.07, 6.45) is 0. The highest BCUT2D eigenvalue weighted by molar-refractivity contribution is 6.35.